The van der Waals surface area contributed by atoms with Crippen molar-refractivity contribution in [3.63, 3.8) is 0 Å². The summed E-state index contributed by atoms with van der Waals surface area (Å²) in [5.41, 5.74) is 0.724. The average Bonchev–Trinajstić information content (AvgIpc) is 2.28. The maximum atomic E-state index is 11.7. The molecule has 0 spiro atoms. The van der Waals surface area contributed by atoms with E-state index in [1.807, 2.05) is 0 Å². The van der Waals surface area contributed by atoms with Gasteiger partial charge in [0.1, 0.15) is 0 Å². The third kappa shape index (κ3) is 3.19. The molecule has 0 saturated carbocycles. The summed E-state index contributed by atoms with van der Waals surface area (Å²) in [5, 5.41) is 10.3. The lowest BCUT2D eigenvalue weighted by Gasteiger charge is -2.11. The van der Waals surface area contributed by atoms with Gasteiger partial charge in [-0.25, -0.2) is 8.42 Å². The first kappa shape index (κ1) is 14.4. The number of benzene rings is 1. The van der Waals surface area contributed by atoms with Crippen LogP contribution in [0.1, 0.15) is 26.3 Å². The average molecular weight is 272 g/mol. The van der Waals surface area contributed by atoms with Crippen LogP contribution in [-0.4, -0.2) is 18.6 Å². The first-order valence-corrected chi connectivity index (χ1v) is 7.11. The third-order valence-corrected chi connectivity index (χ3v) is 4.31. The normalized spacial score (nSPS) is 11.6. The molecule has 0 radical (unpaired) electrons. The van der Waals surface area contributed by atoms with Crippen LogP contribution in [0.2, 0.25) is 0 Å². The Labute approximate surface area is 106 Å². The molecule has 0 atom stereocenters. The van der Waals surface area contributed by atoms with Gasteiger partial charge in [-0.3, -0.25) is 14.8 Å². The Hall–Kier alpha value is -1.63. The fourth-order valence-electron chi connectivity index (χ4n) is 1.38. The van der Waals surface area contributed by atoms with Gasteiger partial charge in [-0.1, -0.05) is 13.0 Å². The number of nitrogens with zero attached hydrogens (tertiary/aromatic N) is 1. The highest BCUT2D eigenvalue weighted by Crippen LogP contribution is 2.24. The minimum Gasteiger partial charge on any atom is -0.283 e. The Morgan fingerprint density at radius 1 is 1.39 bits per heavy atom. The smallest absolute Gasteiger partial charge is 0.274 e. The van der Waals surface area contributed by atoms with Gasteiger partial charge < -0.3 is 0 Å². The molecule has 18 heavy (non-hydrogen) atoms. The van der Waals surface area contributed by atoms with Gasteiger partial charge in [0.2, 0.25) is 10.0 Å². The van der Waals surface area contributed by atoms with Crippen LogP contribution in [0, 0.1) is 10.1 Å². The summed E-state index contributed by atoms with van der Waals surface area (Å²) in [6.07, 6.45) is 0.521. The Balaban J connectivity index is 3.14. The van der Waals surface area contributed by atoms with Crippen LogP contribution >= 0.6 is 0 Å². The first-order valence-electron chi connectivity index (χ1n) is 5.57. The largest absolute Gasteiger partial charge is 0.283 e. The molecule has 0 saturated heterocycles. The molecule has 100 valence electrons. The molecule has 1 aromatic rings. The summed E-state index contributed by atoms with van der Waals surface area (Å²) in [4.78, 5) is 10.4. The second-order valence-corrected chi connectivity index (χ2v) is 6.39. The van der Waals surface area contributed by atoms with Crippen molar-refractivity contribution < 1.29 is 13.3 Å². The van der Waals surface area contributed by atoms with E-state index in [0.717, 1.165) is 0 Å². The van der Waals surface area contributed by atoms with Crippen molar-refractivity contribution in [2.24, 2.45) is 0 Å². The lowest BCUT2D eigenvalue weighted by atomic mass is 10.1. The second-order valence-electron chi connectivity index (χ2n) is 4.15. The number of anilines is 1. The monoisotopic (exact) mass is 272 g/mol. The van der Waals surface area contributed by atoms with Crippen molar-refractivity contribution in [2.75, 3.05) is 4.72 Å². The number of nitrogens with one attached hydrogen (secondary N) is 1. The van der Waals surface area contributed by atoms with Crippen molar-refractivity contribution in [1.82, 2.24) is 0 Å². The van der Waals surface area contributed by atoms with Gasteiger partial charge in [-0.15, -0.1) is 0 Å². The van der Waals surface area contributed by atoms with E-state index in [2.05, 4.69) is 4.72 Å². The zero-order chi connectivity index (χ0) is 13.9. The minimum atomic E-state index is -3.49. The summed E-state index contributed by atoms with van der Waals surface area (Å²) in [6.45, 7) is 4.88. The number of sulfonamides is 1. The van der Waals surface area contributed by atoms with Crippen molar-refractivity contribution >= 4 is 21.4 Å². The number of nitro benzene ring substituents is 1. The van der Waals surface area contributed by atoms with E-state index in [9.17, 15) is 18.5 Å². The molecule has 0 fully saturated rings. The molecule has 0 aromatic heterocycles. The van der Waals surface area contributed by atoms with Gasteiger partial charge in [0.05, 0.1) is 15.9 Å². The van der Waals surface area contributed by atoms with Crippen molar-refractivity contribution in [2.45, 2.75) is 32.4 Å². The molecule has 1 rings (SSSR count). The highest BCUT2D eigenvalue weighted by molar-refractivity contribution is 7.93. The van der Waals surface area contributed by atoms with E-state index in [4.69, 9.17) is 0 Å². The highest BCUT2D eigenvalue weighted by Gasteiger charge is 2.18. The van der Waals surface area contributed by atoms with E-state index < -0.39 is 20.2 Å². The Morgan fingerprint density at radius 2 is 2.00 bits per heavy atom. The summed E-state index contributed by atoms with van der Waals surface area (Å²) >= 11 is 0. The molecule has 6 nitrogen and oxygen atoms in total. The lowest BCUT2D eigenvalue weighted by Crippen LogP contribution is -2.22. The van der Waals surface area contributed by atoms with Gasteiger partial charge in [0, 0.05) is 11.6 Å². The van der Waals surface area contributed by atoms with Crippen molar-refractivity contribution in [3.05, 3.63) is 33.9 Å². The number of hydrogen-bond donors (Lipinski definition) is 1. The van der Waals surface area contributed by atoms with E-state index in [1.54, 1.807) is 13.0 Å². The third-order valence-electron chi connectivity index (χ3n) is 2.54. The number of aryl methyl sites for hydroxylation is 1. The van der Waals surface area contributed by atoms with Crippen LogP contribution in [0.15, 0.2) is 18.2 Å². The van der Waals surface area contributed by atoms with Gasteiger partial charge in [0.15, 0.2) is 0 Å². The van der Waals surface area contributed by atoms with Gasteiger partial charge in [0.25, 0.3) is 5.69 Å². The topological polar surface area (TPSA) is 89.3 Å². The van der Waals surface area contributed by atoms with E-state index >= 15 is 0 Å². The number of hydrogen-bond acceptors (Lipinski definition) is 4. The molecule has 0 amide bonds. The molecule has 0 aliphatic heterocycles. The fraction of sp³-hybridized carbons (Fsp3) is 0.455. The predicted molar refractivity (Wildman–Crippen MR) is 70.2 cm³/mol. The summed E-state index contributed by atoms with van der Waals surface area (Å²) in [5.74, 6) is 0. The van der Waals surface area contributed by atoms with Crippen LogP contribution in [0.25, 0.3) is 0 Å². The Morgan fingerprint density at radius 3 is 2.44 bits per heavy atom. The van der Waals surface area contributed by atoms with Gasteiger partial charge in [-0.05, 0) is 26.3 Å². The van der Waals surface area contributed by atoms with Crippen molar-refractivity contribution in [3.8, 4) is 0 Å². The Bertz CT molecular complexity index is 552. The molecule has 1 N–H and O–H groups in total. The molecule has 0 bridgehead atoms. The first-order chi connectivity index (χ1) is 8.27. The van der Waals surface area contributed by atoms with Crippen LogP contribution in [0.4, 0.5) is 11.4 Å². The predicted octanol–water partition coefficient (Wildman–Crippen LogP) is 2.31. The lowest BCUT2D eigenvalue weighted by molar-refractivity contribution is -0.385. The van der Waals surface area contributed by atoms with E-state index in [-0.39, 0.29) is 11.4 Å². The SMILES string of the molecule is CCc1ccc(NS(=O)(=O)C(C)C)cc1[N+](=O)[O-]. The number of nitro groups is 1. The van der Waals surface area contributed by atoms with Crippen LogP contribution in [0.5, 0.6) is 0 Å². The molecular weight excluding hydrogens is 256 g/mol. The number of rotatable bonds is 5. The summed E-state index contributed by atoms with van der Waals surface area (Å²) in [7, 11) is -3.49. The highest BCUT2D eigenvalue weighted by atomic mass is 32.2. The zero-order valence-corrected chi connectivity index (χ0v) is 11.3. The molecule has 1 aromatic carbocycles. The maximum absolute atomic E-state index is 11.7. The second kappa shape index (κ2) is 5.34. The minimum absolute atomic E-state index is 0.0681. The standard InChI is InChI=1S/C11H16N2O4S/c1-4-9-5-6-10(7-11(9)13(14)15)12-18(16,17)8(2)3/h5-8,12H,4H2,1-3H3. The van der Waals surface area contributed by atoms with Gasteiger partial charge in [-0.2, -0.15) is 0 Å². The quantitative estimate of drug-likeness (QED) is 0.658. The summed E-state index contributed by atoms with van der Waals surface area (Å²) in [6, 6.07) is 4.35. The van der Waals surface area contributed by atoms with Crippen LogP contribution in [0.3, 0.4) is 0 Å². The molecule has 0 aliphatic carbocycles. The molecular formula is C11H16N2O4S. The zero-order valence-electron chi connectivity index (χ0n) is 10.5. The van der Waals surface area contributed by atoms with Gasteiger partial charge >= 0.3 is 0 Å². The molecule has 0 heterocycles. The molecule has 7 heteroatoms. The molecule has 0 aliphatic rings. The fourth-order valence-corrected chi connectivity index (χ4v) is 2.07. The van der Waals surface area contributed by atoms with E-state index in [1.165, 1.54) is 26.0 Å². The summed E-state index contributed by atoms with van der Waals surface area (Å²) < 4.78 is 25.6. The Kier molecular flexibility index (Phi) is 4.28. The van der Waals surface area contributed by atoms with Crippen LogP contribution in [-0.2, 0) is 16.4 Å². The van der Waals surface area contributed by atoms with Crippen LogP contribution < -0.4 is 4.72 Å². The van der Waals surface area contributed by atoms with E-state index in [0.29, 0.717) is 12.0 Å². The van der Waals surface area contributed by atoms with Crippen molar-refractivity contribution in [1.29, 1.82) is 0 Å². The maximum Gasteiger partial charge on any atom is 0.274 e. The molecule has 0 unspecified atom stereocenters.